The lowest BCUT2D eigenvalue weighted by Gasteiger charge is -2.28. The average Bonchev–Trinajstić information content (AvgIpc) is 2.89. The molecule has 1 amide bonds. The molecule has 0 aliphatic carbocycles. The third-order valence-electron chi connectivity index (χ3n) is 4.03. The molecule has 0 aromatic heterocycles. The number of nitrogens with zero attached hydrogens (tertiary/aromatic N) is 1. The SMILES string of the molecule is O=C1C=CN([C@@H]2O[C@@H](COC(=O)c3ccccc3)[C@H](O)[C@@H]2O)C(=O)C1. The molecule has 1 saturated heterocycles. The number of rotatable bonds is 4. The Morgan fingerprint density at radius 2 is 1.92 bits per heavy atom. The Hall–Kier alpha value is -2.55. The van der Waals surface area contributed by atoms with Crippen molar-refractivity contribution in [3.8, 4) is 0 Å². The van der Waals surface area contributed by atoms with Crippen LogP contribution in [0.5, 0.6) is 0 Å². The number of carbonyl (C=O) groups is 3. The number of ether oxygens (including phenoxy) is 2. The predicted molar refractivity (Wildman–Crippen MR) is 83.0 cm³/mol. The van der Waals surface area contributed by atoms with Crippen LogP contribution >= 0.6 is 0 Å². The Labute approximate surface area is 143 Å². The molecule has 2 heterocycles. The Bertz CT molecular complexity index is 702. The fourth-order valence-corrected chi connectivity index (χ4v) is 2.68. The first-order valence-corrected chi connectivity index (χ1v) is 7.73. The van der Waals surface area contributed by atoms with Gasteiger partial charge in [0, 0.05) is 6.20 Å². The molecule has 0 radical (unpaired) electrons. The van der Waals surface area contributed by atoms with E-state index in [4.69, 9.17) is 9.47 Å². The topological polar surface area (TPSA) is 113 Å². The number of esters is 1. The van der Waals surface area contributed by atoms with Crippen molar-refractivity contribution in [2.24, 2.45) is 0 Å². The van der Waals surface area contributed by atoms with Gasteiger partial charge >= 0.3 is 5.97 Å². The van der Waals surface area contributed by atoms with Gasteiger partial charge in [-0.25, -0.2) is 4.79 Å². The molecule has 1 aromatic rings. The van der Waals surface area contributed by atoms with Crippen LogP contribution in [0.1, 0.15) is 16.8 Å². The first-order valence-electron chi connectivity index (χ1n) is 7.73. The lowest BCUT2D eigenvalue weighted by molar-refractivity contribution is -0.148. The average molecular weight is 347 g/mol. The highest BCUT2D eigenvalue weighted by molar-refractivity contribution is 6.06. The number of aliphatic hydroxyl groups excluding tert-OH is 2. The largest absolute Gasteiger partial charge is 0.459 e. The third kappa shape index (κ3) is 3.60. The number of benzene rings is 1. The minimum absolute atomic E-state index is 0.285. The van der Waals surface area contributed by atoms with Gasteiger partial charge in [-0.1, -0.05) is 18.2 Å². The Morgan fingerprint density at radius 1 is 1.20 bits per heavy atom. The highest BCUT2D eigenvalue weighted by Gasteiger charge is 2.47. The zero-order chi connectivity index (χ0) is 18.0. The molecular formula is C17H17NO7. The zero-order valence-electron chi connectivity index (χ0n) is 13.1. The summed E-state index contributed by atoms with van der Waals surface area (Å²) in [6.07, 6.45) is -2.78. The number of aliphatic hydroxyl groups is 2. The number of hydrogen-bond donors (Lipinski definition) is 2. The van der Waals surface area contributed by atoms with Crippen molar-refractivity contribution >= 4 is 17.7 Å². The molecule has 1 aromatic carbocycles. The summed E-state index contributed by atoms with van der Waals surface area (Å²) in [4.78, 5) is 36.1. The van der Waals surface area contributed by atoms with E-state index in [1.54, 1.807) is 30.3 Å². The summed E-state index contributed by atoms with van der Waals surface area (Å²) in [5, 5.41) is 20.2. The second-order valence-corrected chi connectivity index (χ2v) is 5.77. The van der Waals surface area contributed by atoms with Crippen LogP contribution in [0.4, 0.5) is 0 Å². The second kappa shape index (κ2) is 7.14. The van der Waals surface area contributed by atoms with Crippen molar-refractivity contribution in [2.45, 2.75) is 31.0 Å². The van der Waals surface area contributed by atoms with Crippen molar-refractivity contribution < 1.29 is 34.1 Å². The van der Waals surface area contributed by atoms with Gasteiger partial charge in [0.2, 0.25) is 5.91 Å². The van der Waals surface area contributed by atoms with Crippen molar-refractivity contribution in [1.29, 1.82) is 0 Å². The van der Waals surface area contributed by atoms with E-state index in [9.17, 15) is 24.6 Å². The van der Waals surface area contributed by atoms with Gasteiger partial charge in [0.25, 0.3) is 0 Å². The van der Waals surface area contributed by atoms with Gasteiger partial charge < -0.3 is 19.7 Å². The van der Waals surface area contributed by atoms with Crippen LogP contribution in [0.25, 0.3) is 0 Å². The summed E-state index contributed by atoms with van der Waals surface area (Å²) in [5.74, 6) is -1.47. The van der Waals surface area contributed by atoms with E-state index in [1.165, 1.54) is 12.3 Å². The highest BCUT2D eigenvalue weighted by atomic mass is 16.6. The van der Waals surface area contributed by atoms with Crippen LogP contribution in [0.2, 0.25) is 0 Å². The standard InChI is InChI=1S/C17H17NO7/c19-11-6-7-18(13(20)8-11)16-15(22)14(21)12(25-16)9-24-17(23)10-4-2-1-3-5-10/h1-7,12,14-16,21-22H,8-9H2/t12-,14-,15-,16+/m0/s1. The van der Waals surface area contributed by atoms with Gasteiger partial charge in [-0.15, -0.1) is 0 Å². The molecule has 0 spiro atoms. The molecular weight excluding hydrogens is 330 g/mol. The second-order valence-electron chi connectivity index (χ2n) is 5.77. The third-order valence-corrected chi connectivity index (χ3v) is 4.03. The molecule has 3 rings (SSSR count). The summed E-state index contributed by atoms with van der Waals surface area (Å²) in [6, 6.07) is 8.30. The number of carbonyl (C=O) groups excluding carboxylic acids is 3. The fraction of sp³-hybridized carbons (Fsp3) is 0.353. The first kappa shape index (κ1) is 17.3. The number of ketones is 1. The highest BCUT2D eigenvalue weighted by Crippen LogP contribution is 2.26. The lowest BCUT2D eigenvalue weighted by Crippen LogP contribution is -2.46. The van der Waals surface area contributed by atoms with E-state index >= 15 is 0 Å². The molecule has 0 unspecified atom stereocenters. The van der Waals surface area contributed by atoms with Gasteiger partial charge in [-0.3, -0.25) is 14.5 Å². The maximum Gasteiger partial charge on any atom is 0.338 e. The van der Waals surface area contributed by atoms with Gasteiger partial charge in [0.05, 0.1) is 12.0 Å². The quantitative estimate of drug-likeness (QED) is 0.563. The van der Waals surface area contributed by atoms with E-state index in [1.807, 2.05) is 0 Å². The van der Waals surface area contributed by atoms with E-state index in [0.717, 1.165) is 4.90 Å². The van der Waals surface area contributed by atoms with Gasteiger partial charge in [0.1, 0.15) is 24.9 Å². The molecule has 2 aliphatic rings. The molecule has 1 fully saturated rings. The molecule has 8 nitrogen and oxygen atoms in total. The Morgan fingerprint density at radius 3 is 2.60 bits per heavy atom. The smallest absolute Gasteiger partial charge is 0.338 e. The number of hydrogen-bond acceptors (Lipinski definition) is 7. The predicted octanol–water partition coefficient (Wildman–Crippen LogP) is -0.395. The van der Waals surface area contributed by atoms with Crippen molar-refractivity contribution in [1.82, 2.24) is 4.90 Å². The summed E-state index contributed by atoms with van der Waals surface area (Å²) < 4.78 is 10.6. The fourth-order valence-electron chi connectivity index (χ4n) is 2.68. The molecule has 8 heteroatoms. The van der Waals surface area contributed by atoms with Crippen LogP contribution in [-0.4, -0.2) is 63.9 Å². The normalized spacial score (nSPS) is 29.1. The van der Waals surface area contributed by atoms with Crippen LogP contribution < -0.4 is 0 Å². The maximum absolute atomic E-state index is 11.9. The van der Waals surface area contributed by atoms with Crippen molar-refractivity contribution in [3.05, 3.63) is 48.2 Å². The van der Waals surface area contributed by atoms with Crippen molar-refractivity contribution in [2.75, 3.05) is 6.61 Å². The molecule has 2 aliphatic heterocycles. The molecule has 4 atom stereocenters. The number of allylic oxidation sites excluding steroid dienone is 1. The minimum Gasteiger partial charge on any atom is -0.459 e. The zero-order valence-corrected chi connectivity index (χ0v) is 13.1. The van der Waals surface area contributed by atoms with E-state index in [2.05, 4.69) is 0 Å². The van der Waals surface area contributed by atoms with Crippen LogP contribution in [0, 0.1) is 0 Å². The molecule has 25 heavy (non-hydrogen) atoms. The van der Waals surface area contributed by atoms with E-state index in [0.29, 0.717) is 5.56 Å². The van der Waals surface area contributed by atoms with E-state index in [-0.39, 0.29) is 18.8 Å². The van der Waals surface area contributed by atoms with Gasteiger partial charge in [0.15, 0.2) is 12.0 Å². The summed E-state index contributed by atoms with van der Waals surface area (Å²) >= 11 is 0. The molecule has 0 saturated carbocycles. The maximum atomic E-state index is 11.9. The lowest BCUT2D eigenvalue weighted by atomic mass is 10.1. The summed E-state index contributed by atoms with van der Waals surface area (Å²) in [7, 11) is 0. The van der Waals surface area contributed by atoms with Crippen LogP contribution in [0.3, 0.4) is 0 Å². The minimum atomic E-state index is -1.39. The Kier molecular flexibility index (Phi) is 4.93. The van der Waals surface area contributed by atoms with Gasteiger partial charge in [-0.05, 0) is 18.2 Å². The monoisotopic (exact) mass is 347 g/mol. The first-order chi connectivity index (χ1) is 12.0. The van der Waals surface area contributed by atoms with Crippen LogP contribution in [-0.2, 0) is 19.1 Å². The molecule has 2 N–H and O–H groups in total. The number of amides is 1. The molecule has 132 valence electrons. The summed E-state index contributed by atoms with van der Waals surface area (Å²) in [6.45, 7) is -0.285. The van der Waals surface area contributed by atoms with E-state index < -0.39 is 36.4 Å². The van der Waals surface area contributed by atoms with Crippen molar-refractivity contribution in [3.63, 3.8) is 0 Å². The Balaban J connectivity index is 1.62. The van der Waals surface area contributed by atoms with Gasteiger partial charge in [-0.2, -0.15) is 0 Å². The van der Waals surface area contributed by atoms with Crippen LogP contribution in [0.15, 0.2) is 42.6 Å². The molecule has 0 bridgehead atoms. The summed E-state index contributed by atoms with van der Waals surface area (Å²) in [5.41, 5.74) is 0.347.